The molecule has 0 radical (unpaired) electrons. The van der Waals surface area contributed by atoms with E-state index in [1.807, 2.05) is 35.2 Å². The predicted octanol–water partition coefficient (Wildman–Crippen LogP) is 1.10. The van der Waals surface area contributed by atoms with E-state index in [4.69, 9.17) is 0 Å². The Morgan fingerprint density at radius 3 is 2.86 bits per heavy atom. The van der Waals surface area contributed by atoms with Gasteiger partial charge in [-0.2, -0.15) is 4.68 Å². The third-order valence-electron chi connectivity index (χ3n) is 4.12. The van der Waals surface area contributed by atoms with Crippen molar-refractivity contribution in [1.29, 1.82) is 0 Å². The summed E-state index contributed by atoms with van der Waals surface area (Å²) in [6, 6.07) is 9.59. The van der Waals surface area contributed by atoms with Gasteiger partial charge >= 0.3 is 5.97 Å². The van der Waals surface area contributed by atoms with Crippen molar-refractivity contribution in [2.45, 2.75) is 31.8 Å². The van der Waals surface area contributed by atoms with Gasteiger partial charge in [0.15, 0.2) is 5.82 Å². The molecular formula is C14H17N5O2. The first-order valence-corrected chi connectivity index (χ1v) is 6.92. The lowest BCUT2D eigenvalue weighted by molar-refractivity contribution is -0.149. The number of carboxylic acids is 1. The molecule has 21 heavy (non-hydrogen) atoms. The molecule has 1 fully saturated rings. The summed E-state index contributed by atoms with van der Waals surface area (Å²) in [4.78, 5) is 13.4. The Balaban J connectivity index is 1.87. The molecule has 1 aromatic heterocycles. The number of hydrogen-bond donors (Lipinski definition) is 1. The monoisotopic (exact) mass is 287 g/mol. The summed E-state index contributed by atoms with van der Waals surface area (Å²) in [7, 11) is 0. The van der Waals surface area contributed by atoms with Crippen molar-refractivity contribution in [2.75, 3.05) is 6.54 Å². The standard InChI is InChI=1S/C14H17N5O2/c1-14(13(20)21)8-5-9-18(14)10-12-15-16-17-19(12)11-6-3-2-4-7-11/h2-4,6-7H,5,8-10H2,1H3,(H,20,21). The van der Waals surface area contributed by atoms with Gasteiger partial charge < -0.3 is 5.11 Å². The van der Waals surface area contributed by atoms with Gasteiger partial charge in [0.2, 0.25) is 0 Å². The zero-order valence-corrected chi connectivity index (χ0v) is 11.8. The van der Waals surface area contributed by atoms with Gasteiger partial charge in [0.1, 0.15) is 5.54 Å². The molecule has 7 heteroatoms. The smallest absolute Gasteiger partial charge is 0.323 e. The largest absolute Gasteiger partial charge is 0.480 e. The summed E-state index contributed by atoms with van der Waals surface area (Å²) in [6.45, 7) is 2.92. The number of carbonyl (C=O) groups is 1. The quantitative estimate of drug-likeness (QED) is 0.906. The summed E-state index contributed by atoms with van der Waals surface area (Å²) in [5, 5.41) is 21.2. The molecule has 1 saturated heterocycles. The van der Waals surface area contributed by atoms with Crippen LogP contribution >= 0.6 is 0 Å². The number of aliphatic carboxylic acids is 1. The SMILES string of the molecule is CC1(C(=O)O)CCCN1Cc1nnnn1-c1ccccc1. The van der Waals surface area contributed by atoms with Crippen molar-refractivity contribution < 1.29 is 9.90 Å². The number of aromatic nitrogens is 4. The van der Waals surface area contributed by atoms with Gasteiger partial charge in [0, 0.05) is 0 Å². The van der Waals surface area contributed by atoms with E-state index in [1.165, 1.54) is 0 Å². The van der Waals surface area contributed by atoms with Gasteiger partial charge in [-0.25, -0.2) is 0 Å². The molecule has 0 bridgehead atoms. The zero-order valence-electron chi connectivity index (χ0n) is 11.8. The number of likely N-dealkylation sites (tertiary alicyclic amines) is 1. The number of carboxylic acid groups (broad SMARTS) is 1. The van der Waals surface area contributed by atoms with Crippen LogP contribution in [0.15, 0.2) is 30.3 Å². The van der Waals surface area contributed by atoms with Gasteiger partial charge in [0.05, 0.1) is 12.2 Å². The second-order valence-corrected chi connectivity index (χ2v) is 5.45. The minimum Gasteiger partial charge on any atom is -0.480 e. The van der Waals surface area contributed by atoms with Crippen LogP contribution in [0.5, 0.6) is 0 Å². The van der Waals surface area contributed by atoms with E-state index in [9.17, 15) is 9.90 Å². The lowest BCUT2D eigenvalue weighted by Gasteiger charge is -2.30. The molecule has 7 nitrogen and oxygen atoms in total. The van der Waals surface area contributed by atoms with Crippen molar-refractivity contribution in [3.05, 3.63) is 36.2 Å². The maximum absolute atomic E-state index is 11.5. The molecule has 1 unspecified atom stereocenters. The molecular weight excluding hydrogens is 270 g/mol. The lowest BCUT2D eigenvalue weighted by atomic mass is 9.99. The van der Waals surface area contributed by atoms with E-state index < -0.39 is 11.5 Å². The molecule has 1 aliphatic rings. The summed E-state index contributed by atoms with van der Waals surface area (Å²) in [5.41, 5.74) is 0.0294. The van der Waals surface area contributed by atoms with Gasteiger partial charge in [-0.3, -0.25) is 9.69 Å². The fourth-order valence-electron chi connectivity index (χ4n) is 2.76. The fraction of sp³-hybridized carbons (Fsp3) is 0.429. The van der Waals surface area contributed by atoms with Crippen molar-refractivity contribution in [1.82, 2.24) is 25.1 Å². The van der Waals surface area contributed by atoms with Crippen LogP contribution in [0.3, 0.4) is 0 Å². The van der Waals surface area contributed by atoms with Crippen molar-refractivity contribution in [3.8, 4) is 5.69 Å². The fourth-order valence-corrected chi connectivity index (χ4v) is 2.76. The normalized spacial score (nSPS) is 22.5. The van der Waals surface area contributed by atoms with Crippen LogP contribution in [0.4, 0.5) is 0 Å². The first-order chi connectivity index (χ1) is 10.1. The highest BCUT2D eigenvalue weighted by atomic mass is 16.4. The molecule has 0 amide bonds. The summed E-state index contributed by atoms with van der Waals surface area (Å²) in [6.07, 6.45) is 1.52. The maximum Gasteiger partial charge on any atom is 0.323 e. The first-order valence-electron chi connectivity index (χ1n) is 6.92. The maximum atomic E-state index is 11.5. The lowest BCUT2D eigenvalue weighted by Crippen LogP contribution is -2.47. The minimum atomic E-state index is -0.840. The van der Waals surface area contributed by atoms with Crippen LogP contribution in [0.1, 0.15) is 25.6 Å². The average molecular weight is 287 g/mol. The molecule has 3 rings (SSSR count). The highest BCUT2D eigenvalue weighted by molar-refractivity contribution is 5.78. The molecule has 1 atom stereocenters. The number of benzene rings is 1. The summed E-state index contributed by atoms with van der Waals surface area (Å²) in [5.74, 6) is -0.144. The Labute approximate surface area is 122 Å². The molecule has 2 aromatic rings. The topological polar surface area (TPSA) is 84.1 Å². The number of tetrazole rings is 1. The number of rotatable bonds is 4. The van der Waals surface area contributed by atoms with Crippen molar-refractivity contribution >= 4 is 5.97 Å². The van der Waals surface area contributed by atoms with Crippen molar-refractivity contribution in [3.63, 3.8) is 0 Å². The van der Waals surface area contributed by atoms with Gasteiger partial charge in [0.25, 0.3) is 0 Å². The van der Waals surface area contributed by atoms with Crippen LogP contribution in [0.2, 0.25) is 0 Å². The van der Waals surface area contributed by atoms with Crippen LogP contribution in [-0.4, -0.2) is 48.3 Å². The molecule has 2 heterocycles. The van der Waals surface area contributed by atoms with Gasteiger partial charge in [-0.1, -0.05) is 18.2 Å². The zero-order chi connectivity index (χ0) is 14.9. The van der Waals surface area contributed by atoms with Crippen LogP contribution in [0, 0.1) is 0 Å². The van der Waals surface area contributed by atoms with E-state index in [1.54, 1.807) is 11.6 Å². The van der Waals surface area contributed by atoms with E-state index in [2.05, 4.69) is 15.5 Å². The molecule has 110 valence electrons. The van der Waals surface area contributed by atoms with Gasteiger partial charge in [-0.15, -0.1) is 5.10 Å². The van der Waals surface area contributed by atoms with E-state index >= 15 is 0 Å². The minimum absolute atomic E-state index is 0.421. The van der Waals surface area contributed by atoms with Crippen molar-refractivity contribution in [2.24, 2.45) is 0 Å². The Hall–Kier alpha value is -2.28. The molecule has 0 aliphatic carbocycles. The van der Waals surface area contributed by atoms with E-state index in [-0.39, 0.29) is 0 Å². The van der Waals surface area contributed by atoms with Crippen LogP contribution < -0.4 is 0 Å². The highest BCUT2D eigenvalue weighted by Crippen LogP contribution is 2.30. The highest BCUT2D eigenvalue weighted by Gasteiger charge is 2.43. The molecule has 0 spiro atoms. The average Bonchev–Trinajstić information content (AvgIpc) is 3.09. The number of hydrogen-bond acceptors (Lipinski definition) is 5. The molecule has 1 N–H and O–H groups in total. The predicted molar refractivity (Wildman–Crippen MR) is 74.8 cm³/mol. The molecule has 1 aliphatic heterocycles. The van der Waals surface area contributed by atoms with E-state index in [0.717, 1.165) is 18.7 Å². The first kappa shape index (κ1) is 13.7. The summed E-state index contributed by atoms with van der Waals surface area (Å²) >= 11 is 0. The Kier molecular flexibility index (Phi) is 3.42. The Morgan fingerprint density at radius 1 is 1.38 bits per heavy atom. The Morgan fingerprint density at radius 2 is 2.14 bits per heavy atom. The third-order valence-corrected chi connectivity index (χ3v) is 4.12. The third kappa shape index (κ3) is 2.40. The number of para-hydroxylation sites is 1. The van der Waals surface area contributed by atoms with Crippen LogP contribution in [-0.2, 0) is 11.3 Å². The van der Waals surface area contributed by atoms with Gasteiger partial charge in [-0.05, 0) is 48.9 Å². The van der Waals surface area contributed by atoms with Crippen LogP contribution in [0.25, 0.3) is 5.69 Å². The second-order valence-electron chi connectivity index (χ2n) is 5.45. The second kappa shape index (κ2) is 5.25. The summed E-state index contributed by atoms with van der Waals surface area (Å²) < 4.78 is 1.65. The van der Waals surface area contributed by atoms with E-state index in [0.29, 0.717) is 18.8 Å². The Bertz CT molecular complexity index is 642. The molecule has 1 aromatic carbocycles. The molecule has 0 saturated carbocycles. The number of nitrogens with zero attached hydrogens (tertiary/aromatic N) is 5.